The number of aryl methyl sites for hydroxylation is 2. The van der Waals surface area contributed by atoms with Crippen LogP contribution in [0, 0.1) is 0 Å². The molecule has 0 atom stereocenters. The van der Waals surface area contributed by atoms with Crippen molar-refractivity contribution in [2.75, 3.05) is 11.4 Å². The lowest BCUT2D eigenvalue weighted by Gasteiger charge is -2.24. The first kappa shape index (κ1) is 14.0. The molecule has 2 N–H and O–H groups in total. The van der Waals surface area contributed by atoms with Gasteiger partial charge in [0.15, 0.2) is 0 Å². The van der Waals surface area contributed by atoms with Gasteiger partial charge >= 0.3 is 0 Å². The summed E-state index contributed by atoms with van der Waals surface area (Å²) in [4.78, 5) is 7.58. The van der Waals surface area contributed by atoms with E-state index in [1.807, 2.05) is 18.2 Å². The Morgan fingerprint density at radius 3 is 2.71 bits per heavy atom. The predicted octanol–water partition coefficient (Wildman–Crippen LogP) is 3.38. The SMILES string of the molecule is NC(=S)CCN(c1ccccc1)c1ccc2c(n1)CCC2. The third-order valence-corrected chi connectivity index (χ3v) is 4.04. The Balaban J connectivity index is 1.92. The Labute approximate surface area is 130 Å². The van der Waals surface area contributed by atoms with Crippen molar-refractivity contribution >= 4 is 28.7 Å². The number of hydrogen-bond donors (Lipinski definition) is 1. The van der Waals surface area contributed by atoms with Gasteiger partial charge in [0, 0.05) is 24.3 Å². The van der Waals surface area contributed by atoms with Crippen LogP contribution in [0.4, 0.5) is 11.5 Å². The molecule has 0 unspecified atom stereocenters. The number of thiocarbonyl (C=S) groups is 1. The zero-order valence-corrected chi connectivity index (χ0v) is 12.8. The highest BCUT2D eigenvalue weighted by molar-refractivity contribution is 7.80. The normalized spacial score (nSPS) is 13.0. The van der Waals surface area contributed by atoms with Crippen LogP contribution in [0.2, 0.25) is 0 Å². The highest BCUT2D eigenvalue weighted by atomic mass is 32.1. The fraction of sp³-hybridized carbons (Fsp3) is 0.294. The zero-order chi connectivity index (χ0) is 14.7. The molecular weight excluding hydrogens is 278 g/mol. The summed E-state index contributed by atoms with van der Waals surface area (Å²) in [6.45, 7) is 0.755. The van der Waals surface area contributed by atoms with Crippen LogP contribution in [0.15, 0.2) is 42.5 Å². The molecule has 3 nitrogen and oxygen atoms in total. The number of pyridine rings is 1. The van der Waals surface area contributed by atoms with Gasteiger partial charge in [-0.2, -0.15) is 0 Å². The van der Waals surface area contributed by atoms with Crippen molar-refractivity contribution in [2.24, 2.45) is 5.73 Å². The van der Waals surface area contributed by atoms with Crippen LogP contribution in [0.5, 0.6) is 0 Å². The molecule has 1 aromatic heterocycles. The lowest BCUT2D eigenvalue weighted by Crippen LogP contribution is -2.24. The highest BCUT2D eigenvalue weighted by Crippen LogP contribution is 2.28. The van der Waals surface area contributed by atoms with Crippen LogP contribution in [-0.2, 0) is 12.8 Å². The van der Waals surface area contributed by atoms with Gasteiger partial charge in [-0.1, -0.05) is 36.5 Å². The maximum Gasteiger partial charge on any atom is 0.133 e. The number of nitrogens with two attached hydrogens (primary N) is 1. The smallest absolute Gasteiger partial charge is 0.133 e. The third-order valence-electron chi connectivity index (χ3n) is 3.84. The molecule has 0 spiro atoms. The number of nitrogens with zero attached hydrogens (tertiary/aromatic N) is 2. The van der Waals surface area contributed by atoms with Crippen LogP contribution < -0.4 is 10.6 Å². The van der Waals surface area contributed by atoms with Gasteiger partial charge in [-0.25, -0.2) is 4.98 Å². The Morgan fingerprint density at radius 2 is 1.95 bits per heavy atom. The molecule has 1 aromatic carbocycles. The first-order chi connectivity index (χ1) is 10.2. The van der Waals surface area contributed by atoms with Crippen LogP contribution >= 0.6 is 12.2 Å². The summed E-state index contributed by atoms with van der Waals surface area (Å²) in [5.41, 5.74) is 9.43. The Bertz CT molecular complexity index is 640. The van der Waals surface area contributed by atoms with Crippen molar-refractivity contribution in [1.82, 2.24) is 4.98 Å². The molecule has 0 amide bonds. The minimum Gasteiger partial charge on any atom is -0.393 e. The molecule has 21 heavy (non-hydrogen) atoms. The molecule has 1 aliphatic rings. The summed E-state index contributed by atoms with van der Waals surface area (Å²) < 4.78 is 0. The molecule has 108 valence electrons. The quantitative estimate of drug-likeness (QED) is 0.859. The molecule has 0 bridgehead atoms. The summed E-state index contributed by atoms with van der Waals surface area (Å²) >= 11 is 5.02. The minimum atomic E-state index is 0.539. The summed E-state index contributed by atoms with van der Waals surface area (Å²) in [5.74, 6) is 0.984. The molecule has 0 radical (unpaired) electrons. The number of fused-ring (bicyclic) bond motifs is 1. The summed E-state index contributed by atoms with van der Waals surface area (Å²) in [7, 11) is 0. The monoisotopic (exact) mass is 297 g/mol. The minimum absolute atomic E-state index is 0.539. The maximum atomic E-state index is 5.67. The molecule has 1 heterocycles. The van der Waals surface area contributed by atoms with Gasteiger partial charge in [-0.3, -0.25) is 0 Å². The van der Waals surface area contributed by atoms with E-state index in [0.29, 0.717) is 11.4 Å². The van der Waals surface area contributed by atoms with E-state index in [1.165, 1.54) is 17.7 Å². The van der Waals surface area contributed by atoms with Crippen LogP contribution in [0.3, 0.4) is 0 Å². The van der Waals surface area contributed by atoms with Crippen LogP contribution in [-0.4, -0.2) is 16.5 Å². The van der Waals surface area contributed by atoms with Gasteiger partial charge in [0.1, 0.15) is 5.82 Å². The van der Waals surface area contributed by atoms with Crippen molar-refractivity contribution in [3.63, 3.8) is 0 Å². The Morgan fingerprint density at radius 1 is 1.14 bits per heavy atom. The van der Waals surface area contributed by atoms with E-state index in [4.69, 9.17) is 22.9 Å². The predicted molar refractivity (Wildman–Crippen MR) is 91.1 cm³/mol. The fourth-order valence-corrected chi connectivity index (χ4v) is 2.86. The third kappa shape index (κ3) is 3.22. The average Bonchev–Trinajstić information content (AvgIpc) is 2.96. The van der Waals surface area contributed by atoms with E-state index in [0.717, 1.165) is 30.9 Å². The van der Waals surface area contributed by atoms with E-state index in [2.05, 4.69) is 29.2 Å². The average molecular weight is 297 g/mol. The molecule has 4 heteroatoms. The summed E-state index contributed by atoms with van der Waals surface area (Å²) in [6.07, 6.45) is 4.13. The number of hydrogen-bond acceptors (Lipinski definition) is 3. The molecule has 0 aliphatic heterocycles. The second-order valence-electron chi connectivity index (χ2n) is 5.33. The fourth-order valence-electron chi connectivity index (χ4n) is 2.77. The van der Waals surface area contributed by atoms with Crippen molar-refractivity contribution in [2.45, 2.75) is 25.7 Å². The number of anilines is 2. The summed E-state index contributed by atoms with van der Waals surface area (Å²) in [5, 5.41) is 0. The molecule has 0 fully saturated rings. The largest absolute Gasteiger partial charge is 0.393 e. The van der Waals surface area contributed by atoms with Crippen LogP contribution in [0.1, 0.15) is 24.1 Å². The second kappa shape index (κ2) is 6.22. The topological polar surface area (TPSA) is 42.1 Å². The van der Waals surface area contributed by atoms with E-state index in [-0.39, 0.29) is 0 Å². The van der Waals surface area contributed by atoms with Crippen molar-refractivity contribution in [1.29, 1.82) is 0 Å². The van der Waals surface area contributed by atoms with Gasteiger partial charge in [0.25, 0.3) is 0 Å². The number of rotatable bonds is 5. The first-order valence-electron chi connectivity index (χ1n) is 7.34. The number of para-hydroxylation sites is 1. The van der Waals surface area contributed by atoms with Crippen molar-refractivity contribution < 1.29 is 0 Å². The van der Waals surface area contributed by atoms with Gasteiger partial charge in [-0.05, 0) is 43.0 Å². The molecule has 2 aromatic rings. The van der Waals surface area contributed by atoms with E-state index in [1.54, 1.807) is 0 Å². The molecule has 3 rings (SSSR count). The lowest BCUT2D eigenvalue weighted by molar-refractivity contribution is 0.891. The van der Waals surface area contributed by atoms with Gasteiger partial charge in [0.05, 0.1) is 4.99 Å². The molecule has 1 aliphatic carbocycles. The van der Waals surface area contributed by atoms with E-state index >= 15 is 0 Å². The molecule has 0 saturated carbocycles. The Hall–Kier alpha value is -1.94. The zero-order valence-electron chi connectivity index (χ0n) is 12.0. The van der Waals surface area contributed by atoms with E-state index in [9.17, 15) is 0 Å². The Kier molecular flexibility index (Phi) is 4.15. The van der Waals surface area contributed by atoms with Gasteiger partial charge < -0.3 is 10.6 Å². The number of aromatic nitrogens is 1. The van der Waals surface area contributed by atoms with Gasteiger partial charge in [0.2, 0.25) is 0 Å². The highest BCUT2D eigenvalue weighted by Gasteiger charge is 2.16. The molecular formula is C17H19N3S. The molecule has 0 saturated heterocycles. The second-order valence-corrected chi connectivity index (χ2v) is 5.86. The van der Waals surface area contributed by atoms with Crippen molar-refractivity contribution in [3.8, 4) is 0 Å². The van der Waals surface area contributed by atoms with Gasteiger partial charge in [-0.15, -0.1) is 0 Å². The standard InChI is InChI=1S/C17H19N3S/c18-16(21)11-12-20(14-6-2-1-3-7-14)17-10-9-13-5-4-8-15(13)19-17/h1-3,6-7,9-10H,4-5,8,11-12H2,(H2,18,21). The van der Waals surface area contributed by atoms with E-state index < -0.39 is 0 Å². The number of benzene rings is 1. The van der Waals surface area contributed by atoms with Crippen LogP contribution in [0.25, 0.3) is 0 Å². The van der Waals surface area contributed by atoms with Crippen molar-refractivity contribution in [3.05, 3.63) is 53.7 Å². The summed E-state index contributed by atoms with van der Waals surface area (Å²) in [6, 6.07) is 14.6. The first-order valence-corrected chi connectivity index (χ1v) is 7.74. The maximum absolute atomic E-state index is 5.67. The lowest BCUT2D eigenvalue weighted by atomic mass is 10.2.